The number of esters is 1. The summed E-state index contributed by atoms with van der Waals surface area (Å²) in [6.07, 6.45) is 1.83. The van der Waals surface area contributed by atoms with Crippen LogP contribution in [-0.2, 0) is 22.4 Å². The van der Waals surface area contributed by atoms with Gasteiger partial charge in [0.05, 0.1) is 29.1 Å². The molecule has 1 atom stereocenters. The lowest BCUT2D eigenvalue weighted by molar-refractivity contribution is -0.141. The van der Waals surface area contributed by atoms with Gasteiger partial charge < -0.3 is 16.2 Å². The van der Waals surface area contributed by atoms with Gasteiger partial charge in [-0.15, -0.1) is 0 Å². The number of ether oxygens (including phenoxy) is 1. The van der Waals surface area contributed by atoms with Gasteiger partial charge in [0.1, 0.15) is 5.82 Å². The van der Waals surface area contributed by atoms with E-state index in [1.54, 1.807) is 6.07 Å². The maximum Gasteiger partial charge on any atom is 0.302 e. The van der Waals surface area contributed by atoms with E-state index in [9.17, 15) is 4.79 Å². The lowest BCUT2D eigenvalue weighted by atomic mass is 10.0. The monoisotopic (exact) mass is 481 g/mol. The first-order chi connectivity index (χ1) is 16.4. The lowest BCUT2D eigenvalue weighted by Crippen LogP contribution is -2.13. The Hall–Kier alpha value is -3.72. The van der Waals surface area contributed by atoms with Crippen LogP contribution in [-0.4, -0.2) is 28.6 Å². The highest BCUT2D eigenvalue weighted by Crippen LogP contribution is 2.33. The summed E-state index contributed by atoms with van der Waals surface area (Å²) in [7, 11) is 0. The third-order valence-corrected chi connectivity index (χ3v) is 5.41. The molecule has 0 aliphatic rings. The highest BCUT2D eigenvalue weighted by Gasteiger charge is 2.14. The standard InChI is InChI=1S/C24H28ClN7O2/c1-3-20-22(23(26)29-24(27)28-20)17-9-10-19(25)21(14-17)31-32-30-18(11-12-34-15(2)33)13-16-7-5-4-6-8-16/h4-10,14,18H,3,11-13H2,1-2H3,(H,30,31)(H4,26,27,28,29). The topological polar surface area (TPSA) is 141 Å². The summed E-state index contributed by atoms with van der Waals surface area (Å²) in [5.41, 5.74) is 18.7. The van der Waals surface area contributed by atoms with Crippen LogP contribution in [0.2, 0.25) is 5.02 Å². The average Bonchev–Trinajstić information content (AvgIpc) is 2.80. The predicted octanol–water partition coefficient (Wildman–Crippen LogP) is 4.87. The SMILES string of the molecule is CCc1nc(N)nc(N)c1-c1ccc(Cl)c(NN=NC(CCOC(C)=O)Cc2ccccc2)c1. The van der Waals surface area contributed by atoms with Crippen molar-refractivity contribution in [1.29, 1.82) is 0 Å². The maximum absolute atomic E-state index is 11.1. The number of nitrogens with one attached hydrogen (secondary N) is 1. The van der Waals surface area contributed by atoms with Gasteiger partial charge in [-0.1, -0.05) is 60.1 Å². The molecule has 34 heavy (non-hydrogen) atoms. The predicted molar refractivity (Wildman–Crippen MR) is 134 cm³/mol. The number of aromatic nitrogens is 2. The summed E-state index contributed by atoms with van der Waals surface area (Å²) in [6, 6.07) is 15.1. The van der Waals surface area contributed by atoms with Crippen LogP contribution in [0.4, 0.5) is 17.5 Å². The Balaban J connectivity index is 1.79. The third kappa shape index (κ3) is 6.89. The Morgan fingerprint density at radius 3 is 2.65 bits per heavy atom. The summed E-state index contributed by atoms with van der Waals surface area (Å²) >= 11 is 6.38. The zero-order valence-electron chi connectivity index (χ0n) is 19.2. The van der Waals surface area contributed by atoms with E-state index in [0.29, 0.717) is 41.4 Å². The molecular weight excluding hydrogens is 454 g/mol. The number of nitrogens with zero attached hydrogens (tertiary/aromatic N) is 4. The minimum absolute atomic E-state index is 0.137. The number of anilines is 3. The molecule has 3 aromatic rings. The number of benzene rings is 2. The highest BCUT2D eigenvalue weighted by atomic mass is 35.5. The molecule has 0 bridgehead atoms. The first-order valence-corrected chi connectivity index (χ1v) is 11.3. The molecular formula is C24H28ClN7O2. The van der Waals surface area contributed by atoms with Crippen LogP contribution in [0, 0.1) is 0 Å². The molecule has 3 rings (SSSR count). The Kier molecular flexibility index (Phi) is 8.75. The summed E-state index contributed by atoms with van der Waals surface area (Å²) in [5.74, 6) is 0.111. The van der Waals surface area contributed by atoms with E-state index < -0.39 is 0 Å². The van der Waals surface area contributed by atoms with Gasteiger partial charge in [0, 0.05) is 18.9 Å². The molecule has 0 amide bonds. The first kappa shape index (κ1) is 24.9. The first-order valence-electron chi connectivity index (χ1n) is 10.9. The molecule has 0 aliphatic heterocycles. The van der Waals surface area contributed by atoms with Gasteiger partial charge >= 0.3 is 5.97 Å². The average molecular weight is 482 g/mol. The second-order valence-electron chi connectivity index (χ2n) is 7.64. The molecule has 1 aromatic heterocycles. The number of nitrogen functional groups attached to an aromatic ring is 2. The van der Waals surface area contributed by atoms with E-state index in [1.807, 2.05) is 49.4 Å². The fourth-order valence-corrected chi connectivity index (χ4v) is 3.63. The fourth-order valence-electron chi connectivity index (χ4n) is 3.47. The van der Waals surface area contributed by atoms with Gasteiger partial charge in [-0.05, 0) is 36.1 Å². The van der Waals surface area contributed by atoms with Crippen molar-refractivity contribution in [2.45, 2.75) is 39.2 Å². The molecule has 1 unspecified atom stereocenters. The molecule has 178 valence electrons. The van der Waals surface area contributed by atoms with Crippen molar-refractivity contribution in [1.82, 2.24) is 9.97 Å². The molecule has 0 spiro atoms. The normalized spacial score (nSPS) is 12.0. The van der Waals surface area contributed by atoms with Crippen LogP contribution < -0.4 is 16.9 Å². The van der Waals surface area contributed by atoms with Crippen molar-refractivity contribution >= 4 is 35.0 Å². The van der Waals surface area contributed by atoms with E-state index in [0.717, 1.165) is 16.8 Å². The fraction of sp³-hybridized carbons (Fsp3) is 0.292. The molecule has 9 nitrogen and oxygen atoms in total. The minimum Gasteiger partial charge on any atom is -0.466 e. The second kappa shape index (κ2) is 11.9. The van der Waals surface area contributed by atoms with Crippen LogP contribution in [0.3, 0.4) is 0 Å². The van der Waals surface area contributed by atoms with Crippen molar-refractivity contribution in [3.63, 3.8) is 0 Å². The third-order valence-electron chi connectivity index (χ3n) is 5.08. The Morgan fingerprint density at radius 1 is 1.18 bits per heavy atom. The summed E-state index contributed by atoms with van der Waals surface area (Å²) in [6.45, 7) is 3.61. The van der Waals surface area contributed by atoms with Crippen LogP contribution in [0.15, 0.2) is 58.9 Å². The van der Waals surface area contributed by atoms with E-state index >= 15 is 0 Å². The molecule has 10 heteroatoms. The van der Waals surface area contributed by atoms with Gasteiger partial charge in [0.15, 0.2) is 0 Å². The Labute approximate surface area is 203 Å². The van der Waals surface area contributed by atoms with Crippen molar-refractivity contribution in [2.75, 3.05) is 23.5 Å². The zero-order valence-corrected chi connectivity index (χ0v) is 19.9. The van der Waals surface area contributed by atoms with Crippen LogP contribution in [0.1, 0.15) is 31.5 Å². The number of aryl methyl sites for hydroxylation is 1. The number of halogens is 1. The van der Waals surface area contributed by atoms with Crippen molar-refractivity contribution < 1.29 is 9.53 Å². The molecule has 2 aromatic carbocycles. The van der Waals surface area contributed by atoms with Gasteiger partial charge in [-0.3, -0.25) is 10.2 Å². The smallest absolute Gasteiger partial charge is 0.302 e. The second-order valence-corrected chi connectivity index (χ2v) is 8.04. The minimum atomic E-state index is -0.325. The van der Waals surface area contributed by atoms with Crippen LogP contribution in [0.5, 0.6) is 0 Å². The Morgan fingerprint density at radius 2 is 1.94 bits per heavy atom. The summed E-state index contributed by atoms with van der Waals surface area (Å²) in [4.78, 5) is 19.5. The van der Waals surface area contributed by atoms with E-state index in [4.69, 9.17) is 27.8 Å². The number of hydrogen-bond donors (Lipinski definition) is 3. The van der Waals surface area contributed by atoms with Crippen molar-refractivity contribution in [2.24, 2.45) is 10.3 Å². The molecule has 0 fully saturated rings. The van der Waals surface area contributed by atoms with E-state index in [1.165, 1.54) is 6.92 Å². The number of nitrogens with two attached hydrogens (primary N) is 2. The highest BCUT2D eigenvalue weighted by molar-refractivity contribution is 6.33. The van der Waals surface area contributed by atoms with E-state index in [-0.39, 0.29) is 24.6 Å². The van der Waals surface area contributed by atoms with E-state index in [2.05, 4.69) is 25.7 Å². The quantitative estimate of drug-likeness (QED) is 0.213. The van der Waals surface area contributed by atoms with Crippen molar-refractivity contribution in [3.8, 4) is 11.1 Å². The summed E-state index contributed by atoms with van der Waals surface area (Å²) in [5, 5.41) is 9.06. The molecule has 5 N–H and O–H groups in total. The van der Waals surface area contributed by atoms with Gasteiger partial charge in [0.2, 0.25) is 5.95 Å². The van der Waals surface area contributed by atoms with Gasteiger partial charge in [0.25, 0.3) is 0 Å². The molecule has 0 saturated heterocycles. The van der Waals surface area contributed by atoms with Gasteiger partial charge in [-0.2, -0.15) is 10.1 Å². The number of carbonyl (C=O) groups excluding carboxylic acids is 1. The molecule has 0 aliphatic carbocycles. The summed E-state index contributed by atoms with van der Waals surface area (Å²) < 4.78 is 5.09. The number of rotatable bonds is 10. The molecule has 0 radical (unpaired) electrons. The van der Waals surface area contributed by atoms with Crippen LogP contribution >= 0.6 is 11.6 Å². The molecule has 0 saturated carbocycles. The van der Waals surface area contributed by atoms with Gasteiger partial charge in [-0.25, -0.2) is 4.98 Å². The Bertz CT molecular complexity index is 1160. The number of carbonyl (C=O) groups is 1. The lowest BCUT2D eigenvalue weighted by Gasteiger charge is -2.13. The largest absolute Gasteiger partial charge is 0.466 e. The van der Waals surface area contributed by atoms with Crippen molar-refractivity contribution in [3.05, 3.63) is 64.8 Å². The number of hydrogen-bond acceptors (Lipinski definition) is 8. The zero-order chi connectivity index (χ0) is 24.5. The maximum atomic E-state index is 11.1. The molecule has 1 heterocycles. The van der Waals surface area contributed by atoms with Crippen LogP contribution in [0.25, 0.3) is 11.1 Å².